The third kappa shape index (κ3) is 6.81. The van der Waals surface area contributed by atoms with Crippen molar-refractivity contribution in [1.82, 2.24) is 20.4 Å². The van der Waals surface area contributed by atoms with E-state index in [0.717, 1.165) is 0 Å². The largest absolute Gasteiger partial charge is 0.452 e. The fraction of sp³-hybridized carbons (Fsp3) is 0.810. The van der Waals surface area contributed by atoms with Crippen LogP contribution in [0.1, 0.15) is 40.5 Å². The molecule has 12 heteroatoms. The van der Waals surface area contributed by atoms with E-state index in [0.29, 0.717) is 32.7 Å². The maximum absolute atomic E-state index is 13.3. The number of ether oxygens (including phenoxy) is 1. The zero-order valence-electron chi connectivity index (χ0n) is 19.4. The molecule has 0 aliphatic carbocycles. The second kappa shape index (κ2) is 11.2. The standard InChI is InChI=1S/C21H33F3N4O5/c1-12(2)15(17(29)21(22,23)24)25-18(30)14-6-5-7-28(14)19(31)16(13(3)4)26-20(32)27-8-10-33-11-9-27/h12-16H,5-11H2,1-4H3,(H,25,30)(H,26,32). The second-order valence-corrected chi connectivity index (χ2v) is 9.05. The number of nitrogens with zero attached hydrogens (tertiary/aromatic N) is 2. The number of ketones is 1. The number of Topliss-reactive ketones (excluding diaryl/α,β-unsaturated/α-hetero) is 1. The fourth-order valence-electron chi connectivity index (χ4n) is 3.95. The van der Waals surface area contributed by atoms with Crippen LogP contribution in [0.3, 0.4) is 0 Å². The molecule has 2 N–H and O–H groups in total. The van der Waals surface area contributed by atoms with Crippen LogP contribution in [0.15, 0.2) is 0 Å². The van der Waals surface area contributed by atoms with E-state index in [-0.39, 0.29) is 18.9 Å². The Morgan fingerprint density at radius 3 is 2.00 bits per heavy atom. The molecule has 0 aromatic rings. The molecule has 3 unspecified atom stereocenters. The number of amides is 4. The first-order valence-corrected chi connectivity index (χ1v) is 11.2. The lowest BCUT2D eigenvalue weighted by atomic mass is 9.98. The van der Waals surface area contributed by atoms with Crippen LogP contribution in [0.25, 0.3) is 0 Å². The Kier molecular flexibility index (Phi) is 9.10. The van der Waals surface area contributed by atoms with Gasteiger partial charge >= 0.3 is 12.2 Å². The molecule has 0 bridgehead atoms. The normalized spacial score (nSPS) is 21.2. The molecule has 2 aliphatic heterocycles. The highest BCUT2D eigenvalue weighted by Crippen LogP contribution is 2.24. The molecule has 0 aromatic carbocycles. The Hall–Kier alpha value is -2.37. The smallest absolute Gasteiger partial charge is 0.378 e. The maximum Gasteiger partial charge on any atom is 0.452 e. The molecule has 9 nitrogen and oxygen atoms in total. The predicted octanol–water partition coefficient (Wildman–Crippen LogP) is 1.32. The summed E-state index contributed by atoms with van der Waals surface area (Å²) in [4.78, 5) is 53.3. The molecule has 4 amide bonds. The van der Waals surface area contributed by atoms with E-state index >= 15 is 0 Å². The zero-order valence-corrected chi connectivity index (χ0v) is 19.4. The highest BCUT2D eigenvalue weighted by atomic mass is 19.4. The lowest BCUT2D eigenvalue weighted by Gasteiger charge is -2.34. The minimum Gasteiger partial charge on any atom is -0.378 e. The van der Waals surface area contributed by atoms with Crippen molar-refractivity contribution in [3.63, 3.8) is 0 Å². The van der Waals surface area contributed by atoms with Crippen LogP contribution in [0, 0.1) is 11.8 Å². The number of carbonyl (C=O) groups is 4. The predicted molar refractivity (Wildman–Crippen MR) is 112 cm³/mol. The van der Waals surface area contributed by atoms with Crippen LogP contribution in [0.2, 0.25) is 0 Å². The van der Waals surface area contributed by atoms with Gasteiger partial charge in [0.2, 0.25) is 11.8 Å². The summed E-state index contributed by atoms with van der Waals surface area (Å²) >= 11 is 0. The molecule has 2 rings (SSSR count). The number of likely N-dealkylation sites (tertiary alicyclic amines) is 1. The summed E-state index contributed by atoms with van der Waals surface area (Å²) in [6.07, 6.45) is -4.35. The second-order valence-electron chi connectivity index (χ2n) is 9.05. The van der Waals surface area contributed by atoms with E-state index in [4.69, 9.17) is 4.74 Å². The number of carbonyl (C=O) groups excluding carboxylic acids is 4. The third-order valence-electron chi connectivity index (χ3n) is 5.87. The molecule has 33 heavy (non-hydrogen) atoms. The number of morpholine rings is 1. The van der Waals surface area contributed by atoms with Crippen molar-refractivity contribution in [2.24, 2.45) is 11.8 Å². The molecule has 2 fully saturated rings. The highest BCUT2D eigenvalue weighted by molar-refractivity contribution is 5.96. The van der Waals surface area contributed by atoms with E-state index in [1.165, 1.54) is 23.6 Å². The monoisotopic (exact) mass is 478 g/mol. The number of hydrogen-bond donors (Lipinski definition) is 2. The number of nitrogens with one attached hydrogen (secondary N) is 2. The maximum atomic E-state index is 13.3. The van der Waals surface area contributed by atoms with Crippen LogP contribution >= 0.6 is 0 Å². The Balaban J connectivity index is 2.12. The van der Waals surface area contributed by atoms with Gasteiger partial charge in [-0.05, 0) is 24.7 Å². The summed E-state index contributed by atoms with van der Waals surface area (Å²) in [6, 6.07) is -4.08. The Labute approximate surface area is 191 Å². The average Bonchev–Trinajstić information content (AvgIpc) is 3.24. The lowest BCUT2D eigenvalue weighted by Crippen LogP contribution is -2.59. The van der Waals surface area contributed by atoms with Gasteiger partial charge in [-0.3, -0.25) is 14.4 Å². The minimum atomic E-state index is -5.08. The van der Waals surface area contributed by atoms with E-state index in [9.17, 15) is 32.3 Å². The van der Waals surface area contributed by atoms with Crippen molar-refractivity contribution >= 4 is 23.6 Å². The molecule has 0 aromatic heterocycles. The highest BCUT2D eigenvalue weighted by Gasteiger charge is 2.46. The molecule has 2 aliphatic rings. The Morgan fingerprint density at radius 2 is 1.48 bits per heavy atom. The van der Waals surface area contributed by atoms with E-state index in [2.05, 4.69) is 10.6 Å². The van der Waals surface area contributed by atoms with Gasteiger partial charge in [-0.15, -0.1) is 0 Å². The van der Waals surface area contributed by atoms with Crippen LogP contribution in [0.5, 0.6) is 0 Å². The minimum absolute atomic E-state index is 0.229. The summed E-state index contributed by atoms with van der Waals surface area (Å²) < 4.78 is 44.1. The van der Waals surface area contributed by atoms with Gasteiger partial charge in [0.15, 0.2) is 0 Å². The zero-order chi connectivity index (χ0) is 24.9. The first-order valence-electron chi connectivity index (χ1n) is 11.2. The van der Waals surface area contributed by atoms with Crippen molar-refractivity contribution in [1.29, 1.82) is 0 Å². The first-order chi connectivity index (χ1) is 15.3. The molecule has 188 valence electrons. The molecular formula is C21H33F3N4O5. The number of urea groups is 1. The average molecular weight is 479 g/mol. The summed E-state index contributed by atoms with van der Waals surface area (Å²) in [5.74, 6) is -4.39. The Bertz CT molecular complexity index is 738. The van der Waals surface area contributed by atoms with Crippen molar-refractivity contribution in [2.75, 3.05) is 32.8 Å². The lowest BCUT2D eigenvalue weighted by molar-refractivity contribution is -0.175. The number of rotatable bonds is 7. The van der Waals surface area contributed by atoms with Crippen LogP contribution in [0.4, 0.5) is 18.0 Å². The first kappa shape index (κ1) is 26.9. The van der Waals surface area contributed by atoms with Gasteiger partial charge in [-0.25, -0.2) is 4.79 Å². The summed E-state index contributed by atoms with van der Waals surface area (Å²) in [7, 11) is 0. The van der Waals surface area contributed by atoms with E-state index < -0.39 is 53.8 Å². The Morgan fingerprint density at radius 1 is 0.909 bits per heavy atom. The third-order valence-corrected chi connectivity index (χ3v) is 5.87. The van der Waals surface area contributed by atoms with Crippen LogP contribution in [-0.2, 0) is 19.1 Å². The SMILES string of the molecule is CC(C)C(NC(=O)N1CCOCC1)C(=O)N1CCCC1C(=O)NC(C(=O)C(F)(F)F)C(C)C. The van der Waals surface area contributed by atoms with Gasteiger partial charge in [0.25, 0.3) is 5.78 Å². The number of hydrogen-bond acceptors (Lipinski definition) is 5. The van der Waals surface area contributed by atoms with Crippen molar-refractivity contribution < 1.29 is 37.1 Å². The summed E-state index contributed by atoms with van der Waals surface area (Å²) in [5, 5.41) is 4.92. The summed E-state index contributed by atoms with van der Waals surface area (Å²) in [6.45, 7) is 8.13. The molecule has 0 radical (unpaired) electrons. The van der Waals surface area contributed by atoms with Gasteiger partial charge in [0.05, 0.1) is 19.3 Å². The van der Waals surface area contributed by atoms with E-state index in [1.807, 2.05) is 0 Å². The van der Waals surface area contributed by atoms with Gasteiger partial charge in [-0.2, -0.15) is 13.2 Å². The van der Waals surface area contributed by atoms with Gasteiger partial charge in [-0.1, -0.05) is 27.7 Å². The quantitative estimate of drug-likeness (QED) is 0.574. The van der Waals surface area contributed by atoms with Crippen molar-refractivity contribution in [2.45, 2.75) is 64.8 Å². The molecule has 2 heterocycles. The van der Waals surface area contributed by atoms with Crippen LogP contribution < -0.4 is 10.6 Å². The van der Waals surface area contributed by atoms with E-state index in [1.54, 1.807) is 13.8 Å². The van der Waals surface area contributed by atoms with Gasteiger partial charge < -0.3 is 25.2 Å². The molecule has 3 atom stereocenters. The molecule has 0 spiro atoms. The van der Waals surface area contributed by atoms with Crippen LogP contribution in [-0.4, -0.2) is 90.6 Å². The summed E-state index contributed by atoms with van der Waals surface area (Å²) in [5.41, 5.74) is 0. The van der Waals surface area contributed by atoms with Gasteiger partial charge in [0.1, 0.15) is 12.1 Å². The molecule has 0 saturated carbocycles. The van der Waals surface area contributed by atoms with Crippen molar-refractivity contribution in [3.05, 3.63) is 0 Å². The molecular weight excluding hydrogens is 445 g/mol. The molecule has 2 saturated heterocycles. The number of halogens is 3. The topological polar surface area (TPSA) is 108 Å². The fourth-order valence-corrected chi connectivity index (χ4v) is 3.95. The van der Waals surface area contributed by atoms with Crippen molar-refractivity contribution in [3.8, 4) is 0 Å². The number of alkyl halides is 3. The van der Waals surface area contributed by atoms with Gasteiger partial charge in [0, 0.05) is 19.6 Å².